The first-order valence-corrected chi connectivity index (χ1v) is 7.53. The number of nitrogens with one attached hydrogen (secondary N) is 2. The Balaban J connectivity index is 2.12. The van der Waals surface area contributed by atoms with Crippen LogP contribution < -0.4 is 10.6 Å². The molecule has 2 aromatic rings. The molecule has 2 N–H and O–H groups in total. The summed E-state index contributed by atoms with van der Waals surface area (Å²) in [6, 6.07) is 9.62. The third kappa shape index (κ3) is 4.75. The first-order chi connectivity index (χ1) is 10.1. The number of aromatic nitrogens is 2. The molecular weight excluding hydrogens is 284 g/mol. The normalized spacial score (nSPS) is 10.2. The van der Waals surface area contributed by atoms with Crippen molar-refractivity contribution in [3.63, 3.8) is 0 Å². The largest absolute Gasteiger partial charge is 0.354 e. The molecule has 1 heterocycles. The van der Waals surface area contributed by atoms with Crippen LogP contribution in [0.1, 0.15) is 19.5 Å². The molecular formula is C15H18N4OS. The SMILES string of the molecule is CCNc1nc(C)cc(Sc2ccc(NC(C)=O)cc2)n1. The van der Waals surface area contributed by atoms with Crippen LogP contribution in [0.4, 0.5) is 11.6 Å². The highest BCUT2D eigenvalue weighted by Crippen LogP contribution is 2.28. The fraction of sp³-hybridized carbons (Fsp3) is 0.267. The molecule has 1 aromatic carbocycles. The van der Waals surface area contributed by atoms with Crippen molar-refractivity contribution in [2.75, 3.05) is 17.2 Å². The van der Waals surface area contributed by atoms with Crippen molar-refractivity contribution in [1.29, 1.82) is 0 Å². The third-order valence-electron chi connectivity index (χ3n) is 2.56. The number of anilines is 2. The summed E-state index contributed by atoms with van der Waals surface area (Å²) in [5.41, 5.74) is 1.72. The zero-order valence-electron chi connectivity index (χ0n) is 12.3. The summed E-state index contributed by atoms with van der Waals surface area (Å²) >= 11 is 1.57. The highest BCUT2D eigenvalue weighted by atomic mass is 32.2. The van der Waals surface area contributed by atoms with Gasteiger partial charge in [-0.05, 0) is 44.2 Å². The Morgan fingerprint density at radius 3 is 2.57 bits per heavy atom. The molecule has 0 saturated heterocycles. The van der Waals surface area contributed by atoms with Crippen LogP contribution in [0.25, 0.3) is 0 Å². The van der Waals surface area contributed by atoms with Gasteiger partial charge in [-0.25, -0.2) is 9.97 Å². The lowest BCUT2D eigenvalue weighted by Gasteiger charge is -2.07. The van der Waals surface area contributed by atoms with Crippen molar-refractivity contribution in [3.05, 3.63) is 36.0 Å². The predicted molar refractivity (Wildman–Crippen MR) is 85.8 cm³/mol. The van der Waals surface area contributed by atoms with Crippen LogP contribution in [0.15, 0.2) is 40.3 Å². The standard InChI is InChI=1S/C15H18N4OS/c1-4-16-15-17-10(2)9-14(19-15)21-13-7-5-12(6-8-13)18-11(3)20/h5-9H,4H2,1-3H3,(H,18,20)(H,16,17,19). The van der Waals surface area contributed by atoms with Crippen LogP contribution in [0.5, 0.6) is 0 Å². The van der Waals surface area contributed by atoms with Crippen LogP contribution in [0.2, 0.25) is 0 Å². The molecule has 0 saturated carbocycles. The van der Waals surface area contributed by atoms with E-state index in [1.165, 1.54) is 6.92 Å². The maximum absolute atomic E-state index is 11.0. The molecule has 1 aromatic heterocycles. The monoisotopic (exact) mass is 302 g/mol. The fourth-order valence-electron chi connectivity index (χ4n) is 1.76. The fourth-order valence-corrected chi connectivity index (χ4v) is 2.63. The van der Waals surface area contributed by atoms with Crippen LogP contribution in [0.3, 0.4) is 0 Å². The maximum Gasteiger partial charge on any atom is 0.223 e. The van der Waals surface area contributed by atoms with Crippen molar-refractivity contribution in [2.45, 2.75) is 30.7 Å². The minimum Gasteiger partial charge on any atom is -0.354 e. The quantitative estimate of drug-likeness (QED) is 0.829. The molecule has 0 spiro atoms. The summed E-state index contributed by atoms with van der Waals surface area (Å²) in [6.07, 6.45) is 0. The van der Waals surface area contributed by atoms with Crippen LogP contribution in [-0.4, -0.2) is 22.4 Å². The first kappa shape index (κ1) is 15.3. The second kappa shape index (κ2) is 7.08. The molecule has 0 bridgehead atoms. The smallest absolute Gasteiger partial charge is 0.223 e. The number of rotatable bonds is 5. The molecule has 0 aliphatic heterocycles. The number of aryl methyl sites for hydroxylation is 1. The highest BCUT2D eigenvalue weighted by Gasteiger charge is 2.04. The maximum atomic E-state index is 11.0. The second-order valence-corrected chi connectivity index (χ2v) is 5.60. The van der Waals surface area contributed by atoms with Crippen molar-refractivity contribution < 1.29 is 4.79 Å². The third-order valence-corrected chi connectivity index (χ3v) is 3.49. The molecule has 0 aliphatic carbocycles. The van der Waals surface area contributed by atoms with Gasteiger partial charge in [0.05, 0.1) is 0 Å². The van der Waals surface area contributed by atoms with Crippen LogP contribution in [0, 0.1) is 6.92 Å². The van der Waals surface area contributed by atoms with Gasteiger partial charge in [0.1, 0.15) is 5.03 Å². The number of nitrogens with zero attached hydrogens (tertiary/aromatic N) is 2. The number of hydrogen-bond donors (Lipinski definition) is 2. The van der Waals surface area contributed by atoms with Crippen molar-refractivity contribution in [3.8, 4) is 0 Å². The van der Waals surface area contributed by atoms with Gasteiger partial charge >= 0.3 is 0 Å². The molecule has 0 fully saturated rings. The zero-order chi connectivity index (χ0) is 15.2. The van der Waals surface area contributed by atoms with Crippen LogP contribution in [-0.2, 0) is 4.79 Å². The minimum atomic E-state index is -0.0721. The van der Waals surface area contributed by atoms with E-state index in [0.29, 0.717) is 5.95 Å². The summed E-state index contributed by atoms with van der Waals surface area (Å²) in [4.78, 5) is 20.8. The molecule has 0 radical (unpaired) electrons. The molecule has 1 amide bonds. The van der Waals surface area contributed by atoms with Gasteiger partial charge in [0.2, 0.25) is 11.9 Å². The Morgan fingerprint density at radius 2 is 1.95 bits per heavy atom. The van der Waals surface area contributed by atoms with Gasteiger partial charge in [0, 0.05) is 29.7 Å². The van der Waals surface area contributed by atoms with Gasteiger partial charge in [0.25, 0.3) is 0 Å². The minimum absolute atomic E-state index is 0.0721. The molecule has 21 heavy (non-hydrogen) atoms. The van der Waals surface area contributed by atoms with E-state index in [-0.39, 0.29) is 5.91 Å². The summed E-state index contributed by atoms with van der Waals surface area (Å²) < 4.78 is 0. The highest BCUT2D eigenvalue weighted by molar-refractivity contribution is 7.99. The van der Waals surface area contributed by atoms with Crippen molar-refractivity contribution in [1.82, 2.24) is 9.97 Å². The molecule has 110 valence electrons. The molecule has 2 rings (SSSR count). The Kier molecular flexibility index (Phi) is 5.16. The van der Waals surface area contributed by atoms with E-state index in [0.717, 1.165) is 27.8 Å². The Labute approximate surface area is 128 Å². The summed E-state index contributed by atoms with van der Waals surface area (Å²) in [5.74, 6) is 0.576. The van der Waals surface area contributed by atoms with Crippen LogP contribution >= 0.6 is 11.8 Å². The van der Waals surface area contributed by atoms with E-state index in [2.05, 4.69) is 20.6 Å². The first-order valence-electron chi connectivity index (χ1n) is 6.72. The van der Waals surface area contributed by atoms with Gasteiger partial charge in [-0.2, -0.15) is 0 Å². The van der Waals surface area contributed by atoms with Crippen molar-refractivity contribution in [2.24, 2.45) is 0 Å². The van der Waals surface area contributed by atoms with E-state index in [9.17, 15) is 4.79 Å². The lowest BCUT2D eigenvalue weighted by atomic mass is 10.3. The van der Waals surface area contributed by atoms with Gasteiger partial charge in [-0.15, -0.1) is 0 Å². The van der Waals surface area contributed by atoms with Gasteiger partial charge < -0.3 is 10.6 Å². The Bertz CT molecular complexity index is 628. The number of carbonyl (C=O) groups excluding carboxylic acids is 1. The van der Waals surface area contributed by atoms with E-state index in [1.807, 2.05) is 44.2 Å². The van der Waals surface area contributed by atoms with E-state index < -0.39 is 0 Å². The summed E-state index contributed by atoms with van der Waals surface area (Å²) in [6.45, 7) is 6.25. The molecule has 5 nitrogen and oxygen atoms in total. The van der Waals surface area contributed by atoms with E-state index >= 15 is 0 Å². The van der Waals surface area contributed by atoms with Gasteiger partial charge in [-0.1, -0.05) is 11.8 Å². The zero-order valence-corrected chi connectivity index (χ0v) is 13.1. The predicted octanol–water partition coefficient (Wildman–Crippen LogP) is 3.33. The topological polar surface area (TPSA) is 66.9 Å². The lowest BCUT2D eigenvalue weighted by molar-refractivity contribution is -0.114. The Hall–Kier alpha value is -2.08. The number of hydrogen-bond acceptors (Lipinski definition) is 5. The Morgan fingerprint density at radius 1 is 1.24 bits per heavy atom. The van der Waals surface area contributed by atoms with Gasteiger partial charge in [-0.3, -0.25) is 4.79 Å². The van der Waals surface area contributed by atoms with Gasteiger partial charge in [0.15, 0.2) is 0 Å². The number of carbonyl (C=O) groups is 1. The summed E-state index contributed by atoms with van der Waals surface area (Å²) in [5, 5.41) is 6.76. The van der Waals surface area contributed by atoms with E-state index in [1.54, 1.807) is 11.8 Å². The average Bonchev–Trinajstić information content (AvgIpc) is 2.40. The number of benzene rings is 1. The molecule has 6 heteroatoms. The molecule has 0 atom stereocenters. The molecule has 0 unspecified atom stereocenters. The average molecular weight is 302 g/mol. The number of amides is 1. The summed E-state index contributed by atoms with van der Waals surface area (Å²) in [7, 11) is 0. The molecule has 0 aliphatic rings. The van der Waals surface area contributed by atoms with E-state index in [4.69, 9.17) is 0 Å². The lowest BCUT2D eigenvalue weighted by Crippen LogP contribution is -2.05. The van der Waals surface area contributed by atoms with Crippen molar-refractivity contribution >= 4 is 29.3 Å². The second-order valence-electron chi connectivity index (χ2n) is 4.51.